The molecule has 2 heterocycles. The summed E-state index contributed by atoms with van der Waals surface area (Å²) in [6, 6.07) is 14.3. The van der Waals surface area contributed by atoms with E-state index in [-0.39, 0.29) is 18.0 Å². The number of nitrogens with zero attached hydrogens (tertiary/aromatic N) is 3. The molecule has 6 nitrogen and oxygen atoms in total. The van der Waals surface area contributed by atoms with Crippen LogP contribution in [0.3, 0.4) is 0 Å². The van der Waals surface area contributed by atoms with Gasteiger partial charge in [0, 0.05) is 13.0 Å². The Morgan fingerprint density at radius 3 is 2.78 bits per heavy atom. The van der Waals surface area contributed by atoms with Crippen LogP contribution in [0.4, 0.5) is 0 Å². The van der Waals surface area contributed by atoms with Gasteiger partial charge >= 0.3 is 5.97 Å². The van der Waals surface area contributed by atoms with E-state index in [0.717, 1.165) is 42.0 Å². The lowest BCUT2D eigenvalue weighted by Crippen LogP contribution is -2.18. The molecule has 3 aromatic rings. The number of rotatable bonds is 4. The van der Waals surface area contributed by atoms with Gasteiger partial charge in [0.05, 0.1) is 13.0 Å². The van der Waals surface area contributed by atoms with E-state index in [4.69, 9.17) is 9.47 Å². The third-order valence-corrected chi connectivity index (χ3v) is 5.21. The topological polar surface area (TPSA) is 66.2 Å². The molecule has 1 aromatic heterocycles. The zero-order chi connectivity index (χ0) is 18.8. The number of methoxy groups -OCH3 is 1. The van der Waals surface area contributed by atoms with Gasteiger partial charge in [0.2, 0.25) is 0 Å². The van der Waals surface area contributed by atoms with Gasteiger partial charge in [-0.25, -0.2) is 0 Å². The molecule has 0 saturated heterocycles. The molecule has 0 radical (unpaired) electrons. The molecule has 6 heteroatoms. The third-order valence-electron chi connectivity index (χ3n) is 5.21. The first kappa shape index (κ1) is 17.5. The van der Waals surface area contributed by atoms with Crippen LogP contribution in [0.2, 0.25) is 0 Å². The number of aromatic nitrogens is 3. The number of fused-ring (bicyclic) bond motifs is 2. The number of hydrogen-bond donors (Lipinski definition) is 0. The van der Waals surface area contributed by atoms with Gasteiger partial charge in [0.15, 0.2) is 11.9 Å². The van der Waals surface area contributed by atoms with Crippen molar-refractivity contribution in [2.75, 3.05) is 7.11 Å². The van der Waals surface area contributed by atoms with E-state index in [1.54, 1.807) is 0 Å². The zero-order valence-corrected chi connectivity index (χ0v) is 15.6. The van der Waals surface area contributed by atoms with Crippen molar-refractivity contribution in [1.29, 1.82) is 0 Å². The predicted molar refractivity (Wildman–Crippen MR) is 101 cm³/mol. The Morgan fingerprint density at radius 1 is 1.15 bits per heavy atom. The molecule has 4 rings (SSSR count). The van der Waals surface area contributed by atoms with Crippen LogP contribution in [0.25, 0.3) is 10.8 Å². The fraction of sp³-hybridized carbons (Fsp3) is 0.381. The van der Waals surface area contributed by atoms with Crippen LogP contribution in [0.15, 0.2) is 42.5 Å². The van der Waals surface area contributed by atoms with Crippen molar-refractivity contribution in [2.24, 2.45) is 5.92 Å². The van der Waals surface area contributed by atoms with Crippen molar-refractivity contribution in [3.05, 3.63) is 54.1 Å². The first-order chi connectivity index (χ1) is 13.2. The van der Waals surface area contributed by atoms with Crippen molar-refractivity contribution in [3.8, 4) is 5.75 Å². The third kappa shape index (κ3) is 3.52. The summed E-state index contributed by atoms with van der Waals surface area (Å²) in [6.07, 6.45) is 1.95. The molecule has 0 bridgehead atoms. The van der Waals surface area contributed by atoms with Gasteiger partial charge < -0.3 is 14.0 Å². The summed E-state index contributed by atoms with van der Waals surface area (Å²) in [6.45, 7) is 2.68. The number of carbonyl (C=O) groups is 1. The van der Waals surface area contributed by atoms with E-state index in [0.29, 0.717) is 6.54 Å². The van der Waals surface area contributed by atoms with E-state index >= 15 is 0 Å². The Hall–Kier alpha value is -2.89. The maximum atomic E-state index is 11.9. The lowest BCUT2D eigenvalue weighted by atomic mass is 10.0. The summed E-state index contributed by atoms with van der Waals surface area (Å²) < 4.78 is 13.1. The first-order valence-corrected chi connectivity index (χ1v) is 9.31. The lowest BCUT2D eigenvalue weighted by Gasteiger charge is -2.16. The van der Waals surface area contributed by atoms with Crippen LogP contribution < -0.4 is 4.74 Å². The minimum absolute atomic E-state index is 0.0822. The van der Waals surface area contributed by atoms with Gasteiger partial charge in [-0.2, -0.15) is 0 Å². The summed E-state index contributed by atoms with van der Waals surface area (Å²) in [7, 11) is 1.44. The van der Waals surface area contributed by atoms with Crippen LogP contribution in [0.1, 0.15) is 37.5 Å². The molecule has 2 atom stereocenters. The summed E-state index contributed by atoms with van der Waals surface area (Å²) in [5.74, 6) is 2.28. The average molecular weight is 365 g/mol. The van der Waals surface area contributed by atoms with Crippen molar-refractivity contribution in [2.45, 2.75) is 38.8 Å². The quantitative estimate of drug-likeness (QED) is 0.660. The number of aryl methyl sites for hydroxylation is 1. The van der Waals surface area contributed by atoms with Crippen molar-refractivity contribution >= 4 is 16.7 Å². The Labute approximate surface area is 158 Å². The lowest BCUT2D eigenvalue weighted by molar-refractivity contribution is -0.145. The van der Waals surface area contributed by atoms with E-state index in [1.807, 2.05) is 31.2 Å². The maximum absolute atomic E-state index is 11.9. The van der Waals surface area contributed by atoms with Gasteiger partial charge in [0.25, 0.3) is 0 Å². The van der Waals surface area contributed by atoms with Crippen LogP contribution in [-0.2, 0) is 22.5 Å². The van der Waals surface area contributed by atoms with E-state index in [2.05, 4.69) is 33.0 Å². The first-order valence-electron chi connectivity index (χ1n) is 9.31. The summed E-state index contributed by atoms with van der Waals surface area (Å²) in [5.41, 5.74) is 0. The molecular formula is C21H23N3O3. The summed E-state index contributed by atoms with van der Waals surface area (Å²) in [4.78, 5) is 11.9. The molecule has 1 aliphatic rings. The Bertz CT molecular complexity index is 966. The van der Waals surface area contributed by atoms with Gasteiger partial charge in [-0.1, -0.05) is 30.3 Å². The average Bonchev–Trinajstić information content (AvgIpc) is 2.99. The maximum Gasteiger partial charge on any atom is 0.308 e. The van der Waals surface area contributed by atoms with Crippen molar-refractivity contribution in [1.82, 2.24) is 14.8 Å². The van der Waals surface area contributed by atoms with E-state index < -0.39 is 0 Å². The van der Waals surface area contributed by atoms with Gasteiger partial charge in [-0.15, -0.1) is 10.2 Å². The van der Waals surface area contributed by atoms with Gasteiger partial charge in [-0.3, -0.25) is 4.79 Å². The fourth-order valence-electron chi connectivity index (χ4n) is 3.71. The summed E-state index contributed by atoms with van der Waals surface area (Å²) in [5, 5.41) is 11.0. The second-order valence-electron chi connectivity index (χ2n) is 6.94. The second-order valence-corrected chi connectivity index (χ2v) is 6.94. The fourth-order valence-corrected chi connectivity index (χ4v) is 3.71. The molecule has 0 aliphatic carbocycles. The molecule has 27 heavy (non-hydrogen) atoms. The van der Waals surface area contributed by atoms with E-state index in [9.17, 15) is 4.79 Å². The molecule has 2 aromatic carbocycles. The summed E-state index contributed by atoms with van der Waals surface area (Å²) >= 11 is 0. The number of carbonyl (C=O) groups excluding carboxylic acids is 1. The van der Waals surface area contributed by atoms with Gasteiger partial charge in [-0.05, 0) is 42.7 Å². The number of esters is 1. The van der Waals surface area contributed by atoms with E-state index in [1.165, 1.54) is 12.5 Å². The largest absolute Gasteiger partial charge is 0.483 e. The Morgan fingerprint density at radius 2 is 1.96 bits per heavy atom. The molecule has 2 unspecified atom stereocenters. The molecule has 0 spiro atoms. The minimum Gasteiger partial charge on any atom is -0.483 e. The number of ether oxygens (including phenoxy) is 2. The van der Waals surface area contributed by atoms with Crippen molar-refractivity contribution < 1.29 is 14.3 Å². The van der Waals surface area contributed by atoms with Gasteiger partial charge in [0.1, 0.15) is 11.6 Å². The number of hydrogen-bond acceptors (Lipinski definition) is 5. The smallest absolute Gasteiger partial charge is 0.308 e. The highest BCUT2D eigenvalue weighted by Gasteiger charge is 2.27. The molecular weight excluding hydrogens is 342 g/mol. The highest BCUT2D eigenvalue weighted by molar-refractivity contribution is 5.83. The monoisotopic (exact) mass is 365 g/mol. The predicted octanol–water partition coefficient (Wildman–Crippen LogP) is 3.70. The van der Waals surface area contributed by atoms with Crippen molar-refractivity contribution in [3.63, 3.8) is 0 Å². The zero-order valence-electron chi connectivity index (χ0n) is 15.6. The Kier molecular flexibility index (Phi) is 4.79. The van der Waals surface area contributed by atoms with Crippen LogP contribution in [0, 0.1) is 5.92 Å². The molecule has 0 saturated carbocycles. The normalized spacial score (nSPS) is 17.8. The molecule has 0 fully saturated rings. The number of benzene rings is 2. The molecule has 140 valence electrons. The SMILES string of the molecule is COC(=O)C1CCc2nnc(C(C)Oc3ccc4ccccc4c3)n2CC1. The highest BCUT2D eigenvalue weighted by atomic mass is 16.5. The highest BCUT2D eigenvalue weighted by Crippen LogP contribution is 2.27. The van der Waals surface area contributed by atoms with Crippen LogP contribution in [0.5, 0.6) is 5.75 Å². The molecule has 1 aliphatic heterocycles. The second kappa shape index (κ2) is 7.39. The van der Waals surface area contributed by atoms with Crippen LogP contribution >= 0.6 is 0 Å². The standard InChI is InChI=1S/C21H23N3O3/c1-14(27-18-9-7-15-5-3-4-6-17(15)13-18)20-23-22-19-10-8-16(21(25)26-2)11-12-24(19)20/h3-7,9,13-14,16H,8,10-12H2,1-2H3. The Balaban J connectivity index is 1.52. The molecule has 0 N–H and O–H groups in total. The molecule has 0 amide bonds. The minimum atomic E-state index is -0.234. The van der Waals surface area contributed by atoms with Crippen LogP contribution in [-0.4, -0.2) is 27.8 Å².